The van der Waals surface area contributed by atoms with Gasteiger partial charge in [-0.3, -0.25) is 0 Å². The van der Waals surface area contributed by atoms with Crippen LogP contribution >= 0.6 is 0 Å². The van der Waals surface area contributed by atoms with E-state index in [0.29, 0.717) is 11.3 Å². The summed E-state index contributed by atoms with van der Waals surface area (Å²) in [7, 11) is 0. The third-order valence-electron chi connectivity index (χ3n) is 1.37. The number of nitrogens with zero attached hydrogens (tertiary/aromatic N) is 1. The highest BCUT2D eigenvalue weighted by Gasteiger charge is 1.98. The van der Waals surface area contributed by atoms with Crippen molar-refractivity contribution in [3.05, 3.63) is 29.6 Å². The fourth-order valence-electron chi connectivity index (χ4n) is 0.813. The van der Waals surface area contributed by atoms with Gasteiger partial charge in [0.15, 0.2) is 0 Å². The highest BCUT2D eigenvalue weighted by Crippen LogP contribution is 2.12. The molecular formula is C8H7FN2. The Bertz CT molecular complexity index is 301. The first-order valence-electron chi connectivity index (χ1n) is 3.15. The van der Waals surface area contributed by atoms with Crippen molar-refractivity contribution in [3.8, 4) is 6.07 Å². The highest BCUT2D eigenvalue weighted by atomic mass is 19.1. The number of rotatable bonds is 1. The van der Waals surface area contributed by atoms with Gasteiger partial charge in [-0.05, 0) is 23.8 Å². The van der Waals surface area contributed by atoms with Crippen LogP contribution in [0.2, 0.25) is 0 Å². The molecule has 0 atom stereocenters. The highest BCUT2D eigenvalue weighted by molar-refractivity contribution is 5.47. The Hall–Kier alpha value is -1.56. The van der Waals surface area contributed by atoms with E-state index in [1.54, 1.807) is 0 Å². The van der Waals surface area contributed by atoms with E-state index < -0.39 is 0 Å². The van der Waals surface area contributed by atoms with Gasteiger partial charge in [0.25, 0.3) is 0 Å². The molecule has 0 saturated heterocycles. The van der Waals surface area contributed by atoms with Gasteiger partial charge in [0.1, 0.15) is 5.82 Å². The van der Waals surface area contributed by atoms with Crippen LogP contribution in [0.25, 0.3) is 0 Å². The molecule has 0 fully saturated rings. The van der Waals surface area contributed by atoms with Gasteiger partial charge < -0.3 is 5.73 Å². The van der Waals surface area contributed by atoms with Crippen LogP contribution in [0.5, 0.6) is 0 Å². The molecule has 0 spiro atoms. The minimum Gasteiger partial charge on any atom is -0.398 e. The normalized spacial score (nSPS) is 9.09. The number of hydrogen-bond donors (Lipinski definition) is 1. The molecule has 2 nitrogen and oxygen atoms in total. The maximum Gasteiger partial charge on any atom is 0.123 e. The first kappa shape index (κ1) is 7.55. The van der Waals surface area contributed by atoms with Gasteiger partial charge in [0.2, 0.25) is 0 Å². The standard InChI is InChI=1S/C8H7FN2/c9-7-1-2-8(11)6(5-7)3-4-10/h1-2,5H,3,11H2. The van der Waals surface area contributed by atoms with Gasteiger partial charge in [0.05, 0.1) is 12.5 Å². The lowest BCUT2D eigenvalue weighted by Crippen LogP contribution is -1.93. The number of benzene rings is 1. The lowest BCUT2D eigenvalue weighted by molar-refractivity contribution is 0.626. The second-order valence-electron chi connectivity index (χ2n) is 2.18. The van der Waals surface area contributed by atoms with Crippen molar-refractivity contribution in [3.63, 3.8) is 0 Å². The maximum atomic E-state index is 12.5. The lowest BCUT2D eigenvalue weighted by Gasteiger charge is -1.99. The van der Waals surface area contributed by atoms with E-state index in [1.165, 1.54) is 18.2 Å². The summed E-state index contributed by atoms with van der Waals surface area (Å²) in [5.41, 5.74) is 6.47. The van der Waals surface area contributed by atoms with Gasteiger partial charge in [-0.25, -0.2) is 4.39 Å². The van der Waals surface area contributed by atoms with Crippen LogP contribution in [0.3, 0.4) is 0 Å². The summed E-state index contributed by atoms with van der Waals surface area (Å²) < 4.78 is 12.5. The Labute approximate surface area is 64.1 Å². The molecular weight excluding hydrogens is 143 g/mol. The molecule has 11 heavy (non-hydrogen) atoms. The van der Waals surface area contributed by atoms with Gasteiger partial charge in [-0.1, -0.05) is 0 Å². The molecule has 1 aromatic carbocycles. The van der Waals surface area contributed by atoms with Crippen molar-refractivity contribution >= 4 is 5.69 Å². The van der Waals surface area contributed by atoms with Gasteiger partial charge in [0, 0.05) is 5.69 Å². The molecule has 0 unspecified atom stereocenters. The summed E-state index contributed by atoms with van der Waals surface area (Å²) in [6, 6.07) is 5.92. The Morgan fingerprint density at radius 2 is 2.27 bits per heavy atom. The van der Waals surface area contributed by atoms with E-state index in [9.17, 15) is 4.39 Å². The SMILES string of the molecule is N#CCc1cc(F)ccc1N. The second-order valence-corrected chi connectivity index (χ2v) is 2.18. The van der Waals surface area contributed by atoms with E-state index in [2.05, 4.69) is 0 Å². The maximum absolute atomic E-state index is 12.5. The molecule has 56 valence electrons. The first-order chi connectivity index (χ1) is 5.24. The van der Waals surface area contributed by atoms with Crippen molar-refractivity contribution in [1.82, 2.24) is 0 Å². The predicted molar refractivity (Wildman–Crippen MR) is 40.1 cm³/mol. The molecule has 0 bridgehead atoms. The molecule has 0 aliphatic heterocycles. The molecule has 2 N–H and O–H groups in total. The number of anilines is 1. The second kappa shape index (κ2) is 3.02. The van der Waals surface area contributed by atoms with Crippen molar-refractivity contribution in [2.45, 2.75) is 6.42 Å². The molecule has 1 aromatic rings. The number of nitrogens with two attached hydrogens (primary N) is 1. The zero-order valence-corrected chi connectivity index (χ0v) is 5.84. The van der Waals surface area contributed by atoms with Crippen LogP contribution < -0.4 is 5.73 Å². The number of nitriles is 1. The van der Waals surface area contributed by atoms with E-state index in [1.807, 2.05) is 6.07 Å². The quantitative estimate of drug-likeness (QED) is 0.616. The molecule has 0 aliphatic carbocycles. The van der Waals surface area contributed by atoms with Crippen molar-refractivity contribution < 1.29 is 4.39 Å². The van der Waals surface area contributed by atoms with Crippen molar-refractivity contribution in [1.29, 1.82) is 5.26 Å². The third-order valence-corrected chi connectivity index (χ3v) is 1.37. The van der Waals surface area contributed by atoms with Gasteiger partial charge >= 0.3 is 0 Å². The van der Waals surface area contributed by atoms with Crippen LogP contribution in [-0.4, -0.2) is 0 Å². The van der Waals surface area contributed by atoms with Crippen molar-refractivity contribution in [2.75, 3.05) is 5.73 Å². The van der Waals surface area contributed by atoms with Crippen LogP contribution in [0.1, 0.15) is 5.56 Å². The van der Waals surface area contributed by atoms with Crippen LogP contribution in [0.15, 0.2) is 18.2 Å². The summed E-state index contributed by atoms with van der Waals surface area (Å²) in [5, 5.41) is 8.31. The minimum atomic E-state index is -0.357. The summed E-state index contributed by atoms with van der Waals surface area (Å²) in [6.07, 6.45) is 0.156. The smallest absolute Gasteiger partial charge is 0.123 e. The summed E-state index contributed by atoms with van der Waals surface area (Å²) in [4.78, 5) is 0. The lowest BCUT2D eigenvalue weighted by atomic mass is 10.1. The fraction of sp³-hybridized carbons (Fsp3) is 0.125. The number of nitrogen functional groups attached to an aromatic ring is 1. The van der Waals surface area contributed by atoms with E-state index in [4.69, 9.17) is 11.0 Å². The molecule has 0 aromatic heterocycles. The van der Waals surface area contributed by atoms with E-state index in [-0.39, 0.29) is 12.2 Å². The predicted octanol–water partition coefficient (Wildman–Crippen LogP) is 1.47. The molecule has 1 rings (SSSR count). The number of hydrogen-bond acceptors (Lipinski definition) is 2. The monoisotopic (exact) mass is 150 g/mol. The van der Waals surface area contributed by atoms with Gasteiger partial charge in [-0.2, -0.15) is 5.26 Å². The van der Waals surface area contributed by atoms with E-state index >= 15 is 0 Å². The molecule has 0 amide bonds. The fourth-order valence-corrected chi connectivity index (χ4v) is 0.813. The average Bonchev–Trinajstić information content (AvgIpc) is 1.98. The van der Waals surface area contributed by atoms with Crippen LogP contribution in [-0.2, 0) is 6.42 Å². The molecule has 0 radical (unpaired) electrons. The Morgan fingerprint density at radius 3 is 2.91 bits per heavy atom. The molecule has 3 heteroatoms. The van der Waals surface area contributed by atoms with Crippen LogP contribution in [0, 0.1) is 17.1 Å². The number of halogens is 1. The Balaban J connectivity index is 3.05. The largest absolute Gasteiger partial charge is 0.398 e. The third kappa shape index (κ3) is 1.68. The zero-order chi connectivity index (χ0) is 8.27. The Morgan fingerprint density at radius 1 is 1.55 bits per heavy atom. The molecule has 0 heterocycles. The molecule has 0 saturated carbocycles. The summed E-state index contributed by atoms with van der Waals surface area (Å²) in [5.74, 6) is -0.357. The summed E-state index contributed by atoms with van der Waals surface area (Å²) >= 11 is 0. The Kier molecular flexibility index (Phi) is 2.07. The average molecular weight is 150 g/mol. The van der Waals surface area contributed by atoms with E-state index in [0.717, 1.165) is 0 Å². The van der Waals surface area contributed by atoms with Crippen molar-refractivity contribution in [2.24, 2.45) is 0 Å². The molecule has 0 aliphatic rings. The van der Waals surface area contributed by atoms with Crippen LogP contribution in [0.4, 0.5) is 10.1 Å². The topological polar surface area (TPSA) is 49.8 Å². The zero-order valence-electron chi connectivity index (χ0n) is 5.84. The van der Waals surface area contributed by atoms with Gasteiger partial charge in [-0.15, -0.1) is 0 Å². The first-order valence-corrected chi connectivity index (χ1v) is 3.15. The minimum absolute atomic E-state index is 0.156. The summed E-state index contributed by atoms with van der Waals surface area (Å²) in [6.45, 7) is 0.